The maximum Gasteiger partial charge on any atom is 0.234 e. The van der Waals surface area contributed by atoms with Gasteiger partial charge in [0.05, 0.1) is 23.1 Å². The van der Waals surface area contributed by atoms with E-state index >= 15 is 0 Å². The van der Waals surface area contributed by atoms with Crippen molar-refractivity contribution in [3.63, 3.8) is 0 Å². The van der Waals surface area contributed by atoms with Crippen LogP contribution in [0.4, 0.5) is 5.69 Å². The van der Waals surface area contributed by atoms with Crippen LogP contribution in [-0.4, -0.2) is 33.0 Å². The number of nitrogens with zero attached hydrogens (tertiary/aromatic N) is 3. The van der Waals surface area contributed by atoms with Gasteiger partial charge in [-0.3, -0.25) is 4.79 Å². The molecule has 31 heavy (non-hydrogen) atoms. The van der Waals surface area contributed by atoms with Crippen molar-refractivity contribution >= 4 is 46.6 Å². The first-order valence-corrected chi connectivity index (χ1v) is 11.8. The molecule has 0 saturated carbocycles. The zero-order valence-corrected chi connectivity index (χ0v) is 19.7. The molecule has 2 aromatic carbocycles. The topological polar surface area (TPSA) is 69.0 Å². The van der Waals surface area contributed by atoms with Crippen LogP contribution in [-0.2, 0) is 11.3 Å². The summed E-state index contributed by atoms with van der Waals surface area (Å²) in [6, 6.07) is 12.8. The molecule has 164 valence electrons. The van der Waals surface area contributed by atoms with Crippen LogP contribution in [0.25, 0.3) is 11.4 Å². The Hall–Kier alpha value is -2.22. The number of hydrogen-bond donors (Lipinski definition) is 1. The molecule has 0 fully saturated rings. The molecule has 0 aliphatic rings. The molecule has 0 aliphatic carbocycles. The van der Waals surface area contributed by atoms with Gasteiger partial charge in [-0.1, -0.05) is 48.3 Å². The summed E-state index contributed by atoms with van der Waals surface area (Å²) in [4.78, 5) is 12.3. The van der Waals surface area contributed by atoms with E-state index in [2.05, 4.69) is 22.4 Å². The van der Waals surface area contributed by atoms with Crippen LogP contribution >= 0.6 is 35.0 Å². The van der Waals surface area contributed by atoms with Crippen molar-refractivity contribution in [2.75, 3.05) is 17.7 Å². The molecular formula is C22H24Cl2N4O2S. The van der Waals surface area contributed by atoms with E-state index in [4.69, 9.17) is 27.9 Å². The highest BCUT2D eigenvalue weighted by molar-refractivity contribution is 7.99. The van der Waals surface area contributed by atoms with E-state index in [1.807, 2.05) is 35.8 Å². The number of amides is 1. The Morgan fingerprint density at radius 2 is 1.90 bits per heavy atom. The summed E-state index contributed by atoms with van der Waals surface area (Å²) < 4.78 is 7.71. The highest BCUT2D eigenvalue weighted by atomic mass is 35.5. The average molecular weight is 479 g/mol. The van der Waals surface area contributed by atoms with Crippen LogP contribution in [0.15, 0.2) is 47.6 Å². The number of halogens is 2. The van der Waals surface area contributed by atoms with E-state index in [1.54, 1.807) is 18.2 Å². The van der Waals surface area contributed by atoms with E-state index in [0.717, 1.165) is 30.0 Å². The number of thioether (sulfide) groups is 1. The molecule has 0 bridgehead atoms. The first kappa shape index (κ1) is 23.4. The Bertz CT molecular complexity index is 1020. The molecule has 0 unspecified atom stereocenters. The van der Waals surface area contributed by atoms with Gasteiger partial charge in [-0.05, 0) is 55.8 Å². The second kappa shape index (κ2) is 11.4. The van der Waals surface area contributed by atoms with E-state index in [9.17, 15) is 4.79 Å². The predicted octanol–water partition coefficient (Wildman–Crippen LogP) is 6.18. The monoisotopic (exact) mass is 478 g/mol. The fourth-order valence-electron chi connectivity index (χ4n) is 2.84. The first-order chi connectivity index (χ1) is 15.0. The van der Waals surface area contributed by atoms with E-state index < -0.39 is 0 Å². The van der Waals surface area contributed by atoms with Gasteiger partial charge in [0.15, 0.2) is 11.0 Å². The van der Waals surface area contributed by atoms with Crippen LogP contribution in [0, 0.1) is 0 Å². The van der Waals surface area contributed by atoms with Crippen LogP contribution in [0.3, 0.4) is 0 Å². The lowest BCUT2D eigenvalue weighted by molar-refractivity contribution is -0.113. The summed E-state index contributed by atoms with van der Waals surface area (Å²) >= 11 is 13.3. The number of rotatable bonds is 10. The maximum absolute atomic E-state index is 12.3. The molecule has 1 aromatic heterocycles. The second-order valence-corrected chi connectivity index (χ2v) is 8.52. The molecule has 3 aromatic rings. The second-order valence-electron chi connectivity index (χ2n) is 6.74. The summed E-state index contributed by atoms with van der Waals surface area (Å²) in [7, 11) is 0. The highest BCUT2D eigenvalue weighted by Gasteiger charge is 2.15. The molecule has 0 spiro atoms. The molecule has 0 radical (unpaired) electrons. The van der Waals surface area contributed by atoms with Gasteiger partial charge in [-0.15, -0.1) is 10.2 Å². The maximum atomic E-state index is 12.3. The number of benzene rings is 2. The lowest BCUT2D eigenvalue weighted by Crippen LogP contribution is -2.15. The molecule has 1 heterocycles. The number of ether oxygens (including phenoxy) is 1. The van der Waals surface area contributed by atoms with Gasteiger partial charge in [0.25, 0.3) is 0 Å². The van der Waals surface area contributed by atoms with Gasteiger partial charge < -0.3 is 14.6 Å². The van der Waals surface area contributed by atoms with Crippen molar-refractivity contribution in [2.45, 2.75) is 38.4 Å². The Labute approximate surface area is 196 Å². The molecule has 1 amide bonds. The van der Waals surface area contributed by atoms with Gasteiger partial charge in [-0.25, -0.2) is 0 Å². The van der Waals surface area contributed by atoms with Crippen LogP contribution in [0.5, 0.6) is 5.75 Å². The molecule has 6 nitrogen and oxygen atoms in total. The van der Waals surface area contributed by atoms with Crippen molar-refractivity contribution in [2.24, 2.45) is 0 Å². The van der Waals surface area contributed by atoms with Crippen molar-refractivity contribution < 1.29 is 9.53 Å². The van der Waals surface area contributed by atoms with E-state index in [-0.39, 0.29) is 11.7 Å². The molecule has 3 rings (SSSR count). The number of carbonyl (C=O) groups excluding carboxylic acids is 1. The zero-order chi connectivity index (χ0) is 22.2. The van der Waals surface area contributed by atoms with E-state index in [0.29, 0.717) is 34.0 Å². The molecule has 0 aliphatic heterocycles. The van der Waals surface area contributed by atoms with Gasteiger partial charge in [0.1, 0.15) is 5.75 Å². The SMILES string of the molecule is CCCCOc1ccc(-c2nnc(SCC(=O)Nc3ccc(Cl)cc3Cl)n2CC)cc1. The Morgan fingerprint density at radius 3 is 2.58 bits per heavy atom. The number of carbonyl (C=O) groups is 1. The fourth-order valence-corrected chi connectivity index (χ4v) is 4.09. The first-order valence-electron chi connectivity index (χ1n) is 10.1. The standard InChI is InChI=1S/C22H24Cl2N4O2S/c1-3-5-12-30-17-9-6-15(7-10-17)21-26-27-22(28(21)4-2)31-14-20(29)25-19-11-8-16(23)13-18(19)24/h6-11,13H,3-5,12,14H2,1-2H3,(H,25,29). The lowest BCUT2D eigenvalue weighted by atomic mass is 10.2. The van der Waals surface area contributed by atoms with Crippen LogP contribution < -0.4 is 10.1 Å². The lowest BCUT2D eigenvalue weighted by Gasteiger charge is -2.09. The predicted molar refractivity (Wildman–Crippen MR) is 127 cm³/mol. The highest BCUT2D eigenvalue weighted by Crippen LogP contribution is 2.27. The van der Waals surface area contributed by atoms with Crippen LogP contribution in [0.1, 0.15) is 26.7 Å². The minimum atomic E-state index is -0.185. The van der Waals surface area contributed by atoms with Gasteiger partial charge >= 0.3 is 0 Å². The number of aromatic nitrogens is 3. The number of unbranched alkanes of at least 4 members (excludes halogenated alkanes) is 1. The van der Waals surface area contributed by atoms with Crippen molar-refractivity contribution in [3.8, 4) is 17.1 Å². The Morgan fingerprint density at radius 1 is 1.13 bits per heavy atom. The van der Waals surface area contributed by atoms with Crippen molar-refractivity contribution in [1.82, 2.24) is 14.8 Å². The number of hydrogen-bond acceptors (Lipinski definition) is 5. The minimum absolute atomic E-state index is 0.182. The zero-order valence-electron chi connectivity index (χ0n) is 17.4. The average Bonchev–Trinajstić information content (AvgIpc) is 3.18. The van der Waals surface area contributed by atoms with Gasteiger partial charge in [0, 0.05) is 17.1 Å². The van der Waals surface area contributed by atoms with Gasteiger partial charge in [0.2, 0.25) is 5.91 Å². The smallest absolute Gasteiger partial charge is 0.234 e. The largest absolute Gasteiger partial charge is 0.494 e. The quantitative estimate of drug-likeness (QED) is 0.278. The Balaban J connectivity index is 1.63. The van der Waals surface area contributed by atoms with Crippen molar-refractivity contribution in [1.29, 1.82) is 0 Å². The summed E-state index contributed by atoms with van der Waals surface area (Å²) in [5, 5.41) is 13.0. The summed E-state index contributed by atoms with van der Waals surface area (Å²) in [5.74, 6) is 1.59. The number of anilines is 1. The minimum Gasteiger partial charge on any atom is -0.494 e. The normalized spacial score (nSPS) is 10.8. The van der Waals surface area contributed by atoms with E-state index in [1.165, 1.54) is 11.8 Å². The third-order valence-electron chi connectivity index (χ3n) is 4.45. The summed E-state index contributed by atoms with van der Waals surface area (Å²) in [6.45, 7) is 5.55. The fraction of sp³-hybridized carbons (Fsp3) is 0.318. The molecular weight excluding hydrogens is 455 g/mol. The van der Waals surface area contributed by atoms with Crippen LogP contribution in [0.2, 0.25) is 10.0 Å². The summed E-state index contributed by atoms with van der Waals surface area (Å²) in [6.07, 6.45) is 2.13. The van der Waals surface area contributed by atoms with Gasteiger partial charge in [-0.2, -0.15) is 0 Å². The summed E-state index contributed by atoms with van der Waals surface area (Å²) in [5.41, 5.74) is 1.47. The van der Waals surface area contributed by atoms with Crippen molar-refractivity contribution in [3.05, 3.63) is 52.5 Å². The third kappa shape index (κ3) is 6.38. The third-order valence-corrected chi connectivity index (χ3v) is 5.96. The molecule has 9 heteroatoms. The molecule has 0 saturated heterocycles. The molecule has 0 atom stereocenters. The Kier molecular flexibility index (Phi) is 8.63. The molecule has 1 N–H and O–H groups in total. The number of nitrogens with one attached hydrogen (secondary N) is 1.